The molecule has 124 valence electrons. The van der Waals surface area contributed by atoms with Crippen molar-refractivity contribution in [2.24, 2.45) is 5.92 Å². The molecule has 0 spiro atoms. The molecule has 0 aromatic heterocycles. The van der Waals surface area contributed by atoms with Gasteiger partial charge in [0.2, 0.25) is 11.8 Å². The van der Waals surface area contributed by atoms with Crippen molar-refractivity contribution in [3.8, 4) is 0 Å². The third-order valence-corrected chi connectivity index (χ3v) is 4.34. The van der Waals surface area contributed by atoms with Crippen LogP contribution in [0.25, 0.3) is 0 Å². The zero-order valence-electron chi connectivity index (χ0n) is 12.9. The summed E-state index contributed by atoms with van der Waals surface area (Å²) in [6.45, 7) is 4.11. The maximum Gasteiger partial charge on any atom is 0.239 e. The molecule has 0 unspecified atom stereocenters. The zero-order chi connectivity index (χ0) is 16.6. The molecule has 1 N–H and O–H groups in total. The minimum atomic E-state index is -0.758. The summed E-state index contributed by atoms with van der Waals surface area (Å²) in [6.07, 6.45) is 0.369. The molecule has 2 saturated heterocycles. The lowest BCUT2D eigenvalue weighted by atomic mass is 10.1. The van der Waals surface area contributed by atoms with E-state index in [9.17, 15) is 18.4 Å². The average Bonchev–Trinajstić information content (AvgIpc) is 2.87. The van der Waals surface area contributed by atoms with Gasteiger partial charge in [0.15, 0.2) is 0 Å². The van der Waals surface area contributed by atoms with Gasteiger partial charge in [-0.05, 0) is 25.5 Å². The first kappa shape index (κ1) is 15.9. The molecule has 2 amide bonds. The van der Waals surface area contributed by atoms with Crippen molar-refractivity contribution in [1.29, 1.82) is 0 Å². The number of nitrogens with one attached hydrogen (secondary N) is 1. The molecule has 0 radical (unpaired) electrons. The number of hydrogen-bond acceptors (Lipinski definition) is 3. The van der Waals surface area contributed by atoms with Crippen molar-refractivity contribution in [2.75, 3.05) is 31.1 Å². The molecule has 1 aromatic carbocycles. The summed E-state index contributed by atoms with van der Waals surface area (Å²) >= 11 is 0. The van der Waals surface area contributed by atoms with Crippen LogP contribution in [0.15, 0.2) is 18.2 Å². The number of benzene rings is 1. The van der Waals surface area contributed by atoms with Gasteiger partial charge < -0.3 is 15.1 Å². The highest BCUT2D eigenvalue weighted by atomic mass is 19.1. The quantitative estimate of drug-likeness (QED) is 0.831. The van der Waals surface area contributed by atoms with Gasteiger partial charge in [-0.2, -0.15) is 0 Å². The van der Waals surface area contributed by atoms with E-state index in [-0.39, 0.29) is 23.5 Å². The average molecular weight is 323 g/mol. The largest absolute Gasteiger partial charge is 0.339 e. The summed E-state index contributed by atoms with van der Waals surface area (Å²) in [5, 5.41) is 3.24. The Morgan fingerprint density at radius 2 is 1.91 bits per heavy atom. The molecule has 2 atom stereocenters. The number of halogens is 2. The van der Waals surface area contributed by atoms with Crippen molar-refractivity contribution < 1.29 is 18.4 Å². The Bertz CT molecular complexity index is 618. The van der Waals surface area contributed by atoms with Gasteiger partial charge in [0.1, 0.15) is 17.6 Å². The predicted molar refractivity (Wildman–Crippen MR) is 80.9 cm³/mol. The van der Waals surface area contributed by atoms with E-state index in [4.69, 9.17) is 0 Å². The molecule has 5 nitrogen and oxygen atoms in total. The summed E-state index contributed by atoms with van der Waals surface area (Å²) in [5.74, 6) is -2.81. The van der Waals surface area contributed by atoms with Gasteiger partial charge in [0, 0.05) is 44.0 Å². The van der Waals surface area contributed by atoms with Gasteiger partial charge in [-0.3, -0.25) is 9.59 Å². The Hall–Kier alpha value is -2.02. The summed E-state index contributed by atoms with van der Waals surface area (Å²) in [7, 11) is 0. The maximum atomic E-state index is 13.3. The lowest BCUT2D eigenvalue weighted by Gasteiger charge is -2.33. The van der Waals surface area contributed by atoms with Crippen LogP contribution >= 0.6 is 0 Å². The normalized spacial score (nSPS) is 25.1. The Balaban J connectivity index is 1.74. The lowest BCUT2D eigenvalue weighted by Crippen LogP contribution is -2.53. The predicted octanol–water partition coefficient (Wildman–Crippen LogP) is 1.14. The Morgan fingerprint density at radius 1 is 1.22 bits per heavy atom. The van der Waals surface area contributed by atoms with Crippen molar-refractivity contribution in [1.82, 2.24) is 10.2 Å². The summed E-state index contributed by atoms with van der Waals surface area (Å²) in [6, 6.07) is 3.17. The molecule has 7 heteroatoms. The molecule has 3 rings (SSSR count). The number of carbonyl (C=O) groups excluding carboxylic acids is 2. The van der Waals surface area contributed by atoms with Crippen LogP contribution in [-0.2, 0) is 9.59 Å². The van der Waals surface area contributed by atoms with Gasteiger partial charge >= 0.3 is 0 Å². The van der Waals surface area contributed by atoms with Crippen molar-refractivity contribution in [2.45, 2.75) is 19.4 Å². The van der Waals surface area contributed by atoms with E-state index in [1.165, 1.54) is 4.90 Å². The van der Waals surface area contributed by atoms with Crippen LogP contribution in [0.3, 0.4) is 0 Å². The second kappa shape index (κ2) is 6.23. The van der Waals surface area contributed by atoms with Crippen molar-refractivity contribution >= 4 is 17.5 Å². The lowest BCUT2D eigenvalue weighted by molar-refractivity contribution is -0.140. The van der Waals surface area contributed by atoms with E-state index >= 15 is 0 Å². The standard InChI is InChI=1S/C16H19F2N3O2/c1-10-9-20(5-3-19-10)15(22)14-2-4-21(16(14)23)13-7-11(17)6-12(18)8-13/h6-8,10,14,19H,2-5,9H2,1H3/t10-,14-/m0/s1. The minimum absolute atomic E-state index is 0.163. The zero-order valence-corrected chi connectivity index (χ0v) is 12.9. The molecule has 2 aliphatic heterocycles. The first-order valence-corrected chi connectivity index (χ1v) is 7.75. The monoisotopic (exact) mass is 323 g/mol. The molecule has 0 bridgehead atoms. The first-order valence-electron chi connectivity index (χ1n) is 7.75. The highest BCUT2D eigenvalue weighted by Gasteiger charge is 2.40. The van der Waals surface area contributed by atoms with Gasteiger partial charge in [0.25, 0.3) is 0 Å². The molecule has 0 saturated carbocycles. The summed E-state index contributed by atoms with van der Waals surface area (Å²) < 4.78 is 26.7. The number of hydrogen-bond donors (Lipinski definition) is 1. The fraction of sp³-hybridized carbons (Fsp3) is 0.500. The van der Waals surface area contributed by atoms with Crippen LogP contribution in [0.5, 0.6) is 0 Å². The Morgan fingerprint density at radius 3 is 2.57 bits per heavy atom. The van der Waals surface area contributed by atoms with Crippen LogP contribution < -0.4 is 10.2 Å². The molecular weight excluding hydrogens is 304 g/mol. The number of amides is 2. The first-order chi connectivity index (χ1) is 11.0. The second-order valence-corrected chi connectivity index (χ2v) is 6.10. The van der Waals surface area contributed by atoms with Crippen LogP contribution in [0.1, 0.15) is 13.3 Å². The molecule has 2 fully saturated rings. The Labute approximate surface area is 133 Å². The fourth-order valence-corrected chi connectivity index (χ4v) is 3.21. The maximum absolute atomic E-state index is 13.3. The van der Waals surface area contributed by atoms with E-state index in [0.717, 1.165) is 18.2 Å². The second-order valence-electron chi connectivity index (χ2n) is 6.10. The van der Waals surface area contributed by atoms with Crippen LogP contribution in [-0.4, -0.2) is 48.9 Å². The number of nitrogens with zero attached hydrogens (tertiary/aromatic N) is 2. The van der Waals surface area contributed by atoms with Crippen LogP contribution in [0, 0.1) is 17.6 Å². The number of carbonyl (C=O) groups is 2. The minimum Gasteiger partial charge on any atom is -0.339 e. The SMILES string of the molecule is C[C@H]1CN(C(=O)[C@@H]2CCN(c3cc(F)cc(F)c3)C2=O)CCN1. The molecule has 1 aromatic rings. The van der Waals surface area contributed by atoms with E-state index in [0.29, 0.717) is 32.6 Å². The summed E-state index contributed by atoms with van der Waals surface area (Å²) in [4.78, 5) is 28.1. The van der Waals surface area contributed by atoms with Gasteiger partial charge in [-0.15, -0.1) is 0 Å². The smallest absolute Gasteiger partial charge is 0.239 e. The molecular formula is C16H19F2N3O2. The number of piperazine rings is 1. The van der Waals surface area contributed by atoms with Gasteiger partial charge in [-0.25, -0.2) is 8.78 Å². The van der Waals surface area contributed by atoms with E-state index in [2.05, 4.69) is 5.32 Å². The highest BCUT2D eigenvalue weighted by molar-refractivity contribution is 6.09. The molecule has 23 heavy (non-hydrogen) atoms. The topological polar surface area (TPSA) is 52.7 Å². The third-order valence-electron chi connectivity index (χ3n) is 4.34. The van der Waals surface area contributed by atoms with Crippen LogP contribution in [0.4, 0.5) is 14.5 Å². The molecule has 0 aliphatic carbocycles. The third kappa shape index (κ3) is 3.19. The van der Waals surface area contributed by atoms with E-state index < -0.39 is 17.6 Å². The van der Waals surface area contributed by atoms with Crippen molar-refractivity contribution in [3.63, 3.8) is 0 Å². The van der Waals surface area contributed by atoms with Crippen LogP contribution in [0.2, 0.25) is 0 Å². The molecule has 2 aliphatic rings. The highest BCUT2D eigenvalue weighted by Crippen LogP contribution is 2.28. The van der Waals surface area contributed by atoms with Gasteiger partial charge in [0.05, 0.1) is 0 Å². The summed E-state index contributed by atoms with van der Waals surface area (Å²) in [5.41, 5.74) is 0.163. The Kier molecular flexibility index (Phi) is 4.30. The number of anilines is 1. The van der Waals surface area contributed by atoms with E-state index in [1.54, 1.807) is 4.90 Å². The fourth-order valence-electron chi connectivity index (χ4n) is 3.21. The van der Waals surface area contributed by atoms with E-state index in [1.807, 2.05) is 6.92 Å². The molecule has 2 heterocycles. The number of rotatable bonds is 2. The van der Waals surface area contributed by atoms with Crippen molar-refractivity contribution in [3.05, 3.63) is 29.8 Å². The van der Waals surface area contributed by atoms with Gasteiger partial charge in [-0.1, -0.05) is 0 Å².